The van der Waals surface area contributed by atoms with Crippen molar-refractivity contribution in [3.8, 4) is 11.8 Å². The van der Waals surface area contributed by atoms with Crippen LogP contribution in [0.3, 0.4) is 0 Å². The summed E-state index contributed by atoms with van der Waals surface area (Å²) in [7, 11) is 0. The minimum Gasteiger partial charge on any atom is -0.207 e. The molecule has 31 heavy (non-hydrogen) atoms. The lowest BCUT2D eigenvalue weighted by Gasteiger charge is -2.28. The van der Waals surface area contributed by atoms with Crippen molar-refractivity contribution in [2.45, 2.75) is 70.1 Å². The Morgan fingerprint density at radius 3 is 2.32 bits per heavy atom. The van der Waals surface area contributed by atoms with Crippen LogP contribution in [0.2, 0.25) is 0 Å². The van der Waals surface area contributed by atoms with Crippen molar-refractivity contribution < 1.29 is 17.6 Å². The molecule has 0 radical (unpaired) electrons. The van der Waals surface area contributed by atoms with E-state index in [4.69, 9.17) is 0 Å². The lowest BCUT2D eigenvalue weighted by Crippen LogP contribution is -2.24. The van der Waals surface area contributed by atoms with Crippen molar-refractivity contribution in [2.24, 2.45) is 0 Å². The summed E-state index contributed by atoms with van der Waals surface area (Å²) in [5.41, 5.74) is 1.93. The first-order valence-corrected chi connectivity index (χ1v) is 11.0. The highest BCUT2D eigenvalue weighted by Gasteiger charge is 2.36. The molecule has 1 fully saturated rings. The predicted octanol–water partition coefficient (Wildman–Crippen LogP) is 8.25. The fourth-order valence-corrected chi connectivity index (χ4v) is 3.88. The summed E-state index contributed by atoms with van der Waals surface area (Å²) >= 11 is 0. The molecule has 0 saturated heterocycles. The van der Waals surface area contributed by atoms with Gasteiger partial charge in [0.15, 0.2) is 11.6 Å². The molecule has 1 aliphatic carbocycles. The van der Waals surface area contributed by atoms with Crippen molar-refractivity contribution in [2.75, 3.05) is 0 Å². The molecule has 0 bridgehead atoms. The van der Waals surface area contributed by atoms with E-state index in [0.717, 1.165) is 12.0 Å². The molecular weight excluding hydrogens is 400 g/mol. The Morgan fingerprint density at radius 2 is 1.65 bits per heavy atom. The number of hydrogen-bond donors (Lipinski definition) is 0. The molecule has 0 heterocycles. The van der Waals surface area contributed by atoms with Gasteiger partial charge in [0.2, 0.25) is 5.92 Å². The van der Waals surface area contributed by atoms with Crippen molar-refractivity contribution >= 4 is 6.08 Å². The third-order valence-corrected chi connectivity index (χ3v) is 5.81. The zero-order valence-corrected chi connectivity index (χ0v) is 17.9. The lowest BCUT2D eigenvalue weighted by molar-refractivity contribution is -0.0384. The zero-order chi connectivity index (χ0) is 22.3. The molecule has 0 N–H and O–H groups in total. The first-order chi connectivity index (χ1) is 14.9. The van der Waals surface area contributed by atoms with E-state index in [2.05, 4.69) is 30.9 Å². The van der Waals surface area contributed by atoms with Crippen molar-refractivity contribution in [1.29, 1.82) is 0 Å². The highest BCUT2D eigenvalue weighted by molar-refractivity contribution is 5.52. The Kier molecular flexibility index (Phi) is 7.96. The van der Waals surface area contributed by atoms with Crippen LogP contribution < -0.4 is 0 Å². The van der Waals surface area contributed by atoms with E-state index < -0.39 is 17.6 Å². The fraction of sp³-hybridized carbons (Fsp3) is 0.407. The Balaban J connectivity index is 1.66. The maximum Gasteiger partial charge on any atom is 0.248 e. The number of rotatable bonds is 6. The second-order valence-corrected chi connectivity index (χ2v) is 8.23. The number of benzene rings is 2. The Labute approximate surface area is 182 Å². The van der Waals surface area contributed by atoms with Gasteiger partial charge in [0, 0.05) is 18.4 Å². The number of unbranched alkanes of at least 4 members (excludes halogenated alkanes) is 3. The lowest BCUT2D eigenvalue weighted by atomic mass is 9.82. The molecule has 3 rings (SSSR count). The first kappa shape index (κ1) is 23.1. The van der Waals surface area contributed by atoms with Gasteiger partial charge in [-0.3, -0.25) is 0 Å². The highest BCUT2D eigenvalue weighted by atomic mass is 19.3. The molecule has 4 heteroatoms. The van der Waals surface area contributed by atoms with Crippen LogP contribution in [0.1, 0.15) is 86.5 Å². The highest BCUT2D eigenvalue weighted by Crippen LogP contribution is 2.41. The molecule has 0 amide bonds. The monoisotopic (exact) mass is 428 g/mol. The number of alkyl halides is 2. The van der Waals surface area contributed by atoms with E-state index in [9.17, 15) is 17.6 Å². The summed E-state index contributed by atoms with van der Waals surface area (Å²) < 4.78 is 55.8. The van der Waals surface area contributed by atoms with Crippen molar-refractivity contribution in [3.63, 3.8) is 0 Å². The minimum absolute atomic E-state index is 0.0257. The molecule has 1 saturated carbocycles. The number of halogens is 4. The van der Waals surface area contributed by atoms with Gasteiger partial charge < -0.3 is 0 Å². The van der Waals surface area contributed by atoms with Gasteiger partial charge in [-0.2, -0.15) is 0 Å². The molecule has 0 spiro atoms. The van der Waals surface area contributed by atoms with E-state index in [1.165, 1.54) is 31.4 Å². The van der Waals surface area contributed by atoms with E-state index in [1.807, 2.05) is 24.3 Å². The summed E-state index contributed by atoms with van der Waals surface area (Å²) in [6, 6.07) is 10.5. The molecule has 0 aliphatic heterocycles. The Hall–Kier alpha value is -2.54. The maximum absolute atomic E-state index is 14.6. The third kappa shape index (κ3) is 6.47. The van der Waals surface area contributed by atoms with Crippen LogP contribution >= 0.6 is 0 Å². The van der Waals surface area contributed by atoms with Crippen LogP contribution in [0.4, 0.5) is 17.6 Å². The third-order valence-electron chi connectivity index (χ3n) is 5.81. The molecule has 0 unspecified atom stereocenters. The molecule has 0 aromatic heterocycles. The summed E-state index contributed by atoms with van der Waals surface area (Å²) in [6.45, 7) is 2.18. The summed E-state index contributed by atoms with van der Waals surface area (Å²) in [5.74, 6) is 0.520. The zero-order valence-electron chi connectivity index (χ0n) is 17.9. The Morgan fingerprint density at radius 1 is 0.935 bits per heavy atom. The summed E-state index contributed by atoms with van der Waals surface area (Å²) in [4.78, 5) is 0. The molecule has 1 aliphatic rings. The van der Waals surface area contributed by atoms with Gasteiger partial charge in [-0.15, -0.1) is 0 Å². The van der Waals surface area contributed by atoms with Crippen molar-refractivity contribution in [1.82, 2.24) is 0 Å². The second kappa shape index (κ2) is 10.7. The fourth-order valence-electron chi connectivity index (χ4n) is 3.88. The van der Waals surface area contributed by atoms with Gasteiger partial charge in [-0.1, -0.05) is 62.0 Å². The molecule has 0 atom stereocenters. The van der Waals surface area contributed by atoms with Crippen LogP contribution in [0.15, 0.2) is 42.5 Å². The van der Waals surface area contributed by atoms with E-state index in [-0.39, 0.29) is 42.7 Å². The summed E-state index contributed by atoms with van der Waals surface area (Å²) in [5, 5.41) is 0. The Bertz CT molecular complexity index is 951. The number of allylic oxidation sites excluding steroid dienone is 1. The van der Waals surface area contributed by atoms with Crippen LogP contribution in [-0.4, -0.2) is 5.92 Å². The van der Waals surface area contributed by atoms with E-state index in [0.29, 0.717) is 5.56 Å². The average Bonchev–Trinajstić information content (AvgIpc) is 2.76. The van der Waals surface area contributed by atoms with Gasteiger partial charge in [0.25, 0.3) is 0 Å². The molecule has 0 nitrogen and oxygen atoms in total. The molecular formula is C27H28F4. The normalized spacial score (nSPS) is 16.3. The van der Waals surface area contributed by atoms with Crippen LogP contribution in [-0.2, 0) is 0 Å². The molecule has 164 valence electrons. The predicted molar refractivity (Wildman–Crippen MR) is 118 cm³/mol. The second-order valence-electron chi connectivity index (χ2n) is 8.23. The van der Waals surface area contributed by atoms with Crippen LogP contribution in [0, 0.1) is 23.5 Å². The quantitative estimate of drug-likeness (QED) is 0.247. The van der Waals surface area contributed by atoms with Gasteiger partial charge >= 0.3 is 0 Å². The summed E-state index contributed by atoms with van der Waals surface area (Å²) in [6.07, 6.45) is 8.65. The van der Waals surface area contributed by atoms with Crippen LogP contribution in [0.5, 0.6) is 0 Å². The van der Waals surface area contributed by atoms with Gasteiger partial charge in [-0.25, -0.2) is 17.6 Å². The standard InChI is InChI=1S/C27H28F4/c1-2-3-4-5-6-7-20-8-10-21(11-9-20)12-13-23-14-15-24(26(29)25(23)28)22-16-18-27(30,31)19-17-22/h6-11,14-15,22H,2-5,16-19H2,1H3/b7-6+. The number of hydrogen-bond acceptors (Lipinski definition) is 0. The van der Waals surface area contributed by atoms with Crippen LogP contribution in [0.25, 0.3) is 6.08 Å². The van der Waals surface area contributed by atoms with Crippen molar-refractivity contribution in [3.05, 3.63) is 76.4 Å². The SMILES string of the molecule is CCCCC/C=C/c1ccc(C#Cc2ccc(C3CCC(F)(F)CC3)c(F)c2F)cc1. The van der Waals surface area contributed by atoms with E-state index >= 15 is 0 Å². The van der Waals surface area contributed by atoms with Gasteiger partial charge in [-0.05, 0) is 60.9 Å². The first-order valence-electron chi connectivity index (χ1n) is 11.0. The topological polar surface area (TPSA) is 0 Å². The van der Waals surface area contributed by atoms with Gasteiger partial charge in [0.1, 0.15) is 0 Å². The molecule has 2 aromatic carbocycles. The average molecular weight is 429 g/mol. The van der Waals surface area contributed by atoms with E-state index in [1.54, 1.807) is 0 Å². The minimum atomic E-state index is -2.70. The molecule has 2 aromatic rings. The maximum atomic E-state index is 14.6. The smallest absolute Gasteiger partial charge is 0.207 e. The van der Waals surface area contributed by atoms with Gasteiger partial charge in [0.05, 0.1) is 5.56 Å². The largest absolute Gasteiger partial charge is 0.248 e.